The van der Waals surface area contributed by atoms with Gasteiger partial charge in [0, 0.05) is 11.8 Å². The molecule has 1 heterocycles. The molecule has 6 heteroatoms. The molecule has 0 saturated carbocycles. The molecular formula is C15H17N3O3. The Morgan fingerprint density at radius 1 is 1.24 bits per heavy atom. The zero-order chi connectivity index (χ0) is 15.4. The van der Waals surface area contributed by atoms with E-state index in [1.165, 1.54) is 10.7 Å². The molecule has 2 aromatic rings. The molecule has 0 spiro atoms. The predicted octanol–water partition coefficient (Wildman–Crippen LogP) is 1.76. The summed E-state index contributed by atoms with van der Waals surface area (Å²) >= 11 is 0. The highest BCUT2D eigenvalue weighted by Crippen LogP contribution is 2.16. The summed E-state index contributed by atoms with van der Waals surface area (Å²) in [5.41, 5.74) is 1.00. The van der Waals surface area contributed by atoms with Crippen LogP contribution in [0.5, 0.6) is 5.75 Å². The van der Waals surface area contributed by atoms with Crippen LogP contribution in [0.4, 0.5) is 5.69 Å². The Bertz CT molecular complexity index is 692. The Hall–Kier alpha value is -2.63. The lowest BCUT2D eigenvalue weighted by atomic mass is 10.2. The smallest absolute Gasteiger partial charge is 0.267 e. The maximum Gasteiger partial charge on any atom is 0.267 e. The van der Waals surface area contributed by atoms with E-state index in [1.807, 2.05) is 0 Å². The van der Waals surface area contributed by atoms with E-state index in [4.69, 9.17) is 4.74 Å². The molecule has 1 atom stereocenters. The molecule has 1 N–H and O–H groups in total. The summed E-state index contributed by atoms with van der Waals surface area (Å²) in [4.78, 5) is 23.9. The Balaban J connectivity index is 2.15. The van der Waals surface area contributed by atoms with Crippen molar-refractivity contribution in [2.75, 3.05) is 12.4 Å². The van der Waals surface area contributed by atoms with E-state index in [9.17, 15) is 9.59 Å². The first-order valence-corrected chi connectivity index (χ1v) is 6.52. The number of aromatic nitrogens is 2. The molecule has 21 heavy (non-hydrogen) atoms. The van der Waals surface area contributed by atoms with Crippen LogP contribution >= 0.6 is 0 Å². The maximum atomic E-state index is 12.2. The van der Waals surface area contributed by atoms with Crippen LogP contribution in [0, 0.1) is 6.92 Å². The third kappa shape index (κ3) is 3.47. The molecule has 0 bridgehead atoms. The standard InChI is InChI=1S/C15H17N3O3/c1-10-4-9-14(19)18(17-10)11(2)15(20)16-12-5-7-13(21-3)8-6-12/h4-9,11H,1-3H3,(H,16,20)/t11-/m1/s1. The SMILES string of the molecule is COc1ccc(NC(=O)[C@@H](C)n2nc(C)ccc2=O)cc1. The Morgan fingerprint density at radius 2 is 1.90 bits per heavy atom. The molecule has 2 rings (SSSR count). The Labute approximate surface area is 122 Å². The molecule has 1 aromatic heterocycles. The van der Waals surface area contributed by atoms with Crippen molar-refractivity contribution in [3.8, 4) is 5.75 Å². The van der Waals surface area contributed by atoms with Crippen LogP contribution < -0.4 is 15.6 Å². The Morgan fingerprint density at radius 3 is 2.52 bits per heavy atom. The quantitative estimate of drug-likeness (QED) is 0.930. The summed E-state index contributed by atoms with van der Waals surface area (Å²) in [5.74, 6) is 0.401. The second-order valence-corrected chi connectivity index (χ2v) is 4.65. The topological polar surface area (TPSA) is 73.2 Å². The molecule has 1 aromatic carbocycles. The molecule has 0 radical (unpaired) electrons. The lowest BCUT2D eigenvalue weighted by Gasteiger charge is -2.14. The summed E-state index contributed by atoms with van der Waals surface area (Å²) < 4.78 is 6.23. The number of hydrogen-bond donors (Lipinski definition) is 1. The van der Waals surface area contributed by atoms with Crippen LogP contribution in [0.3, 0.4) is 0 Å². The normalized spacial score (nSPS) is 11.8. The second kappa shape index (κ2) is 6.21. The summed E-state index contributed by atoms with van der Waals surface area (Å²) in [6.07, 6.45) is 0. The van der Waals surface area contributed by atoms with Gasteiger partial charge in [0.1, 0.15) is 11.8 Å². The number of aryl methyl sites for hydroxylation is 1. The number of carbonyl (C=O) groups is 1. The van der Waals surface area contributed by atoms with Crippen molar-refractivity contribution in [1.82, 2.24) is 9.78 Å². The fourth-order valence-electron chi connectivity index (χ4n) is 1.83. The largest absolute Gasteiger partial charge is 0.497 e. The number of methoxy groups -OCH3 is 1. The van der Waals surface area contributed by atoms with Gasteiger partial charge in [0.25, 0.3) is 5.56 Å². The van der Waals surface area contributed by atoms with Crippen molar-refractivity contribution in [1.29, 1.82) is 0 Å². The molecule has 110 valence electrons. The van der Waals surface area contributed by atoms with E-state index in [2.05, 4.69) is 10.4 Å². The molecule has 0 aliphatic rings. The van der Waals surface area contributed by atoms with Gasteiger partial charge in [-0.3, -0.25) is 9.59 Å². The van der Waals surface area contributed by atoms with Gasteiger partial charge in [-0.25, -0.2) is 4.68 Å². The number of rotatable bonds is 4. The van der Waals surface area contributed by atoms with Crippen molar-refractivity contribution in [3.63, 3.8) is 0 Å². The summed E-state index contributed by atoms with van der Waals surface area (Å²) in [6.45, 7) is 3.40. The highest BCUT2D eigenvalue weighted by atomic mass is 16.5. The molecular weight excluding hydrogens is 270 g/mol. The average Bonchev–Trinajstić information content (AvgIpc) is 2.49. The van der Waals surface area contributed by atoms with Crippen LogP contribution in [0.1, 0.15) is 18.7 Å². The second-order valence-electron chi connectivity index (χ2n) is 4.65. The first kappa shape index (κ1) is 14.8. The fraction of sp³-hybridized carbons (Fsp3) is 0.267. The number of carbonyl (C=O) groups excluding carboxylic acids is 1. The van der Waals surface area contributed by atoms with E-state index in [0.29, 0.717) is 17.1 Å². The van der Waals surface area contributed by atoms with Gasteiger partial charge in [-0.15, -0.1) is 0 Å². The van der Waals surface area contributed by atoms with E-state index in [0.717, 1.165) is 0 Å². The van der Waals surface area contributed by atoms with Gasteiger partial charge in [-0.2, -0.15) is 5.10 Å². The summed E-state index contributed by atoms with van der Waals surface area (Å²) in [6, 6.07) is 9.28. The molecule has 0 aliphatic heterocycles. The van der Waals surface area contributed by atoms with Crippen LogP contribution in [0.25, 0.3) is 0 Å². The van der Waals surface area contributed by atoms with Crippen LogP contribution in [-0.2, 0) is 4.79 Å². The third-order valence-corrected chi connectivity index (χ3v) is 3.06. The lowest BCUT2D eigenvalue weighted by Crippen LogP contribution is -2.33. The minimum atomic E-state index is -0.695. The maximum absolute atomic E-state index is 12.2. The molecule has 0 saturated heterocycles. The van der Waals surface area contributed by atoms with Gasteiger partial charge >= 0.3 is 0 Å². The van der Waals surface area contributed by atoms with E-state index in [-0.39, 0.29) is 11.5 Å². The average molecular weight is 287 g/mol. The van der Waals surface area contributed by atoms with Gasteiger partial charge in [-0.1, -0.05) is 0 Å². The molecule has 1 amide bonds. The zero-order valence-corrected chi connectivity index (χ0v) is 12.2. The first-order chi connectivity index (χ1) is 10.0. The molecule has 0 fully saturated rings. The van der Waals surface area contributed by atoms with Crippen molar-refractivity contribution in [2.45, 2.75) is 19.9 Å². The van der Waals surface area contributed by atoms with Gasteiger partial charge in [0.2, 0.25) is 5.91 Å². The van der Waals surface area contributed by atoms with Crippen LogP contribution in [-0.4, -0.2) is 22.8 Å². The first-order valence-electron chi connectivity index (χ1n) is 6.52. The Kier molecular flexibility index (Phi) is 4.37. The predicted molar refractivity (Wildman–Crippen MR) is 79.6 cm³/mol. The zero-order valence-electron chi connectivity index (χ0n) is 12.2. The van der Waals surface area contributed by atoms with E-state index < -0.39 is 6.04 Å². The fourth-order valence-corrected chi connectivity index (χ4v) is 1.83. The number of hydrogen-bond acceptors (Lipinski definition) is 4. The minimum absolute atomic E-state index is 0.305. The van der Waals surface area contributed by atoms with Crippen LogP contribution in [0.15, 0.2) is 41.2 Å². The van der Waals surface area contributed by atoms with Crippen molar-refractivity contribution in [2.24, 2.45) is 0 Å². The number of ether oxygens (including phenoxy) is 1. The monoisotopic (exact) mass is 287 g/mol. The van der Waals surface area contributed by atoms with Crippen LogP contribution in [0.2, 0.25) is 0 Å². The van der Waals surface area contributed by atoms with E-state index >= 15 is 0 Å². The number of nitrogens with one attached hydrogen (secondary N) is 1. The lowest BCUT2D eigenvalue weighted by molar-refractivity contribution is -0.119. The number of benzene rings is 1. The van der Waals surface area contributed by atoms with Gasteiger partial charge in [-0.05, 0) is 44.2 Å². The van der Waals surface area contributed by atoms with Gasteiger partial charge in [0.15, 0.2) is 0 Å². The number of amides is 1. The minimum Gasteiger partial charge on any atom is -0.497 e. The van der Waals surface area contributed by atoms with Crippen molar-refractivity contribution >= 4 is 11.6 Å². The molecule has 6 nitrogen and oxygen atoms in total. The van der Waals surface area contributed by atoms with E-state index in [1.54, 1.807) is 51.3 Å². The molecule has 0 unspecified atom stereocenters. The summed E-state index contributed by atoms with van der Waals surface area (Å²) in [5, 5.41) is 6.83. The number of nitrogens with zero attached hydrogens (tertiary/aromatic N) is 2. The highest BCUT2D eigenvalue weighted by Gasteiger charge is 2.17. The number of anilines is 1. The summed E-state index contributed by atoms with van der Waals surface area (Å²) in [7, 11) is 1.57. The van der Waals surface area contributed by atoms with Crippen molar-refractivity contribution < 1.29 is 9.53 Å². The molecule has 0 aliphatic carbocycles. The highest BCUT2D eigenvalue weighted by molar-refractivity contribution is 5.93. The third-order valence-electron chi connectivity index (χ3n) is 3.06. The van der Waals surface area contributed by atoms with Crippen molar-refractivity contribution in [3.05, 3.63) is 52.4 Å². The van der Waals surface area contributed by atoms with Gasteiger partial charge < -0.3 is 10.1 Å². The van der Waals surface area contributed by atoms with Gasteiger partial charge in [0.05, 0.1) is 12.8 Å².